The summed E-state index contributed by atoms with van der Waals surface area (Å²) in [7, 11) is -0.879. The molecule has 0 saturated carbocycles. The number of benzene rings is 1. The lowest BCUT2D eigenvalue weighted by Crippen LogP contribution is -2.48. The summed E-state index contributed by atoms with van der Waals surface area (Å²) in [5, 5.41) is 0. The van der Waals surface area contributed by atoms with Crippen LogP contribution in [0.25, 0.3) is 0 Å². The monoisotopic (exact) mass is 324 g/mol. The molecule has 0 atom stereocenters. The van der Waals surface area contributed by atoms with Gasteiger partial charge in [-0.25, -0.2) is 0 Å². The van der Waals surface area contributed by atoms with Crippen molar-refractivity contribution in [1.29, 1.82) is 0 Å². The standard InChI is InChI=1S/C18H32O3Si/c1-4-6-11-15-20-22(19-3,21-16-12-7-5-2)17-18-13-9-8-10-14-18/h8-10,13-14H,4-7,11-12,15-17H2,1-3H3. The highest BCUT2D eigenvalue weighted by molar-refractivity contribution is 6.60. The van der Waals surface area contributed by atoms with Gasteiger partial charge in [0.25, 0.3) is 0 Å². The molecule has 1 aromatic rings. The van der Waals surface area contributed by atoms with E-state index in [4.69, 9.17) is 13.3 Å². The van der Waals surface area contributed by atoms with Crippen LogP contribution in [0.15, 0.2) is 30.3 Å². The van der Waals surface area contributed by atoms with Crippen molar-refractivity contribution in [2.75, 3.05) is 20.3 Å². The van der Waals surface area contributed by atoms with E-state index in [-0.39, 0.29) is 0 Å². The zero-order valence-electron chi connectivity index (χ0n) is 14.5. The molecule has 0 aliphatic heterocycles. The second-order valence-corrected chi connectivity index (χ2v) is 8.37. The van der Waals surface area contributed by atoms with E-state index in [0.717, 1.165) is 32.1 Å². The van der Waals surface area contributed by atoms with E-state index in [1.165, 1.54) is 31.2 Å². The predicted molar refractivity (Wildman–Crippen MR) is 93.9 cm³/mol. The first-order valence-corrected chi connectivity index (χ1v) is 10.6. The van der Waals surface area contributed by atoms with Gasteiger partial charge >= 0.3 is 8.80 Å². The van der Waals surface area contributed by atoms with Gasteiger partial charge in [0.05, 0.1) is 0 Å². The Kier molecular flexibility index (Phi) is 10.4. The van der Waals surface area contributed by atoms with Gasteiger partial charge in [-0.1, -0.05) is 69.9 Å². The first kappa shape index (κ1) is 19.4. The van der Waals surface area contributed by atoms with Crippen molar-refractivity contribution >= 4 is 8.80 Å². The van der Waals surface area contributed by atoms with E-state index in [1.54, 1.807) is 7.11 Å². The van der Waals surface area contributed by atoms with E-state index in [9.17, 15) is 0 Å². The summed E-state index contributed by atoms with van der Waals surface area (Å²) in [5.74, 6) is 0. The van der Waals surface area contributed by atoms with E-state index in [2.05, 4.69) is 38.1 Å². The Labute approximate surface area is 137 Å². The summed E-state index contributed by atoms with van der Waals surface area (Å²) >= 11 is 0. The molecule has 0 spiro atoms. The first-order chi connectivity index (χ1) is 10.8. The molecule has 0 aliphatic rings. The maximum absolute atomic E-state index is 6.16. The van der Waals surface area contributed by atoms with Crippen molar-refractivity contribution in [2.24, 2.45) is 0 Å². The first-order valence-electron chi connectivity index (χ1n) is 8.63. The summed E-state index contributed by atoms with van der Waals surface area (Å²) in [6.45, 7) is 5.86. The molecule has 0 aliphatic carbocycles. The highest BCUT2D eigenvalue weighted by atomic mass is 28.4. The van der Waals surface area contributed by atoms with Gasteiger partial charge in [0.15, 0.2) is 0 Å². The molecule has 0 N–H and O–H groups in total. The molecule has 4 heteroatoms. The fourth-order valence-corrected chi connectivity index (χ4v) is 4.65. The van der Waals surface area contributed by atoms with Gasteiger partial charge < -0.3 is 13.3 Å². The lowest BCUT2D eigenvalue weighted by molar-refractivity contribution is 0.0735. The van der Waals surface area contributed by atoms with Gasteiger partial charge in [0.2, 0.25) is 0 Å². The van der Waals surface area contributed by atoms with Crippen LogP contribution in [0, 0.1) is 0 Å². The molecular formula is C18H32O3Si. The van der Waals surface area contributed by atoms with E-state index >= 15 is 0 Å². The van der Waals surface area contributed by atoms with E-state index < -0.39 is 8.80 Å². The van der Waals surface area contributed by atoms with Crippen molar-refractivity contribution in [3.8, 4) is 0 Å². The maximum Gasteiger partial charge on any atom is 0.505 e. The van der Waals surface area contributed by atoms with Crippen LogP contribution in [0.2, 0.25) is 0 Å². The third-order valence-corrected chi connectivity index (χ3v) is 6.47. The second-order valence-electron chi connectivity index (χ2n) is 5.66. The molecule has 1 rings (SSSR count). The number of hydrogen-bond donors (Lipinski definition) is 0. The molecular weight excluding hydrogens is 292 g/mol. The summed E-state index contributed by atoms with van der Waals surface area (Å²) in [6.07, 6.45) is 6.91. The van der Waals surface area contributed by atoms with Crippen LogP contribution in [0.3, 0.4) is 0 Å². The Morgan fingerprint density at radius 3 is 1.82 bits per heavy atom. The van der Waals surface area contributed by atoms with Crippen molar-refractivity contribution < 1.29 is 13.3 Å². The third-order valence-electron chi connectivity index (χ3n) is 3.71. The summed E-state index contributed by atoms with van der Waals surface area (Å²) in [6, 6.07) is 11.1. The molecule has 126 valence electrons. The summed E-state index contributed by atoms with van der Waals surface area (Å²) in [5.41, 5.74) is 1.22. The fourth-order valence-electron chi connectivity index (χ4n) is 2.34. The Balaban J connectivity index is 2.62. The van der Waals surface area contributed by atoms with E-state index in [1.807, 2.05) is 6.07 Å². The minimum Gasteiger partial charge on any atom is -0.377 e. The van der Waals surface area contributed by atoms with Crippen LogP contribution in [0.1, 0.15) is 57.9 Å². The molecule has 0 heterocycles. The Morgan fingerprint density at radius 1 is 0.818 bits per heavy atom. The largest absolute Gasteiger partial charge is 0.505 e. The SMILES string of the molecule is CCCCCO[Si](Cc1ccccc1)(OC)OCCCCC. The van der Waals surface area contributed by atoms with Crippen LogP contribution in [-0.2, 0) is 19.3 Å². The lowest BCUT2D eigenvalue weighted by atomic mass is 10.2. The highest BCUT2D eigenvalue weighted by Gasteiger charge is 2.40. The van der Waals surface area contributed by atoms with E-state index in [0.29, 0.717) is 0 Å². The molecule has 0 bridgehead atoms. The average molecular weight is 325 g/mol. The minimum absolute atomic E-state index is 0.731. The van der Waals surface area contributed by atoms with Gasteiger partial charge in [0.1, 0.15) is 0 Å². The zero-order valence-corrected chi connectivity index (χ0v) is 15.5. The van der Waals surface area contributed by atoms with Gasteiger partial charge in [-0.3, -0.25) is 0 Å². The van der Waals surface area contributed by atoms with Crippen molar-refractivity contribution in [1.82, 2.24) is 0 Å². The summed E-state index contributed by atoms with van der Waals surface area (Å²) in [4.78, 5) is 0. The van der Waals surface area contributed by atoms with Crippen LogP contribution >= 0.6 is 0 Å². The molecule has 0 aromatic heterocycles. The van der Waals surface area contributed by atoms with Crippen LogP contribution in [-0.4, -0.2) is 29.1 Å². The molecule has 22 heavy (non-hydrogen) atoms. The molecule has 3 nitrogen and oxygen atoms in total. The normalized spacial score (nSPS) is 11.8. The quantitative estimate of drug-likeness (QED) is 0.386. The van der Waals surface area contributed by atoms with Crippen LogP contribution in [0.4, 0.5) is 0 Å². The second kappa shape index (κ2) is 11.8. The number of unbranched alkanes of at least 4 members (excludes halogenated alkanes) is 4. The van der Waals surface area contributed by atoms with Crippen LogP contribution in [0.5, 0.6) is 0 Å². The number of hydrogen-bond acceptors (Lipinski definition) is 3. The zero-order chi connectivity index (χ0) is 16.1. The minimum atomic E-state index is -2.61. The molecule has 0 fully saturated rings. The maximum atomic E-state index is 6.16. The third kappa shape index (κ3) is 7.54. The van der Waals surface area contributed by atoms with Crippen molar-refractivity contribution in [2.45, 2.75) is 58.4 Å². The predicted octanol–water partition coefficient (Wildman–Crippen LogP) is 4.77. The Bertz CT molecular complexity index is 358. The smallest absolute Gasteiger partial charge is 0.377 e. The molecule has 0 radical (unpaired) electrons. The van der Waals surface area contributed by atoms with Gasteiger partial charge in [0, 0.05) is 26.4 Å². The topological polar surface area (TPSA) is 27.7 Å². The average Bonchev–Trinajstić information content (AvgIpc) is 2.56. The fraction of sp³-hybridized carbons (Fsp3) is 0.667. The molecule has 0 amide bonds. The van der Waals surface area contributed by atoms with Gasteiger partial charge in [-0.15, -0.1) is 0 Å². The molecule has 0 saturated heterocycles. The lowest BCUT2D eigenvalue weighted by Gasteiger charge is -2.28. The molecule has 1 aromatic carbocycles. The van der Waals surface area contributed by atoms with Crippen molar-refractivity contribution in [3.05, 3.63) is 35.9 Å². The molecule has 0 unspecified atom stereocenters. The number of rotatable bonds is 13. The Hall–Kier alpha value is -0.683. The van der Waals surface area contributed by atoms with Crippen LogP contribution < -0.4 is 0 Å². The Morgan fingerprint density at radius 2 is 1.36 bits per heavy atom. The highest BCUT2D eigenvalue weighted by Crippen LogP contribution is 2.18. The summed E-state index contributed by atoms with van der Waals surface area (Å²) < 4.78 is 18.1. The van der Waals surface area contributed by atoms with Crippen molar-refractivity contribution in [3.63, 3.8) is 0 Å². The van der Waals surface area contributed by atoms with Gasteiger partial charge in [-0.2, -0.15) is 0 Å². The van der Waals surface area contributed by atoms with Gasteiger partial charge in [-0.05, 0) is 18.4 Å².